The van der Waals surface area contributed by atoms with Crippen molar-refractivity contribution >= 4 is 0 Å². The van der Waals surface area contributed by atoms with Gasteiger partial charge in [-0.1, -0.05) is 25.0 Å². The Balaban J connectivity index is 2.17. The summed E-state index contributed by atoms with van der Waals surface area (Å²) in [6.07, 6.45) is -0.0802. The molecule has 2 atom stereocenters. The number of rotatable bonds is 1. The van der Waals surface area contributed by atoms with Crippen molar-refractivity contribution in [1.82, 2.24) is 0 Å². The Morgan fingerprint density at radius 2 is 1.59 bits per heavy atom. The Labute approximate surface area is 98.8 Å². The van der Waals surface area contributed by atoms with E-state index in [-0.39, 0.29) is 12.0 Å². The third-order valence-corrected chi connectivity index (χ3v) is 3.49. The summed E-state index contributed by atoms with van der Waals surface area (Å²) in [5.41, 5.74) is 6.36. The van der Waals surface area contributed by atoms with E-state index in [9.17, 15) is 13.2 Å². The fraction of sp³-hybridized carbons (Fsp3) is 0.538. The molecule has 0 spiro atoms. The van der Waals surface area contributed by atoms with E-state index in [0.717, 1.165) is 43.4 Å². The fourth-order valence-corrected chi connectivity index (χ4v) is 2.49. The van der Waals surface area contributed by atoms with Gasteiger partial charge in [0.1, 0.15) is 0 Å². The monoisotopic (exact) mass is 243 g/mol. The number of hydrogen-bond acceptors (Lipinski definition) is 1. The molecular weight excluding hydrogens is 227 g/mol. The summed E-state index contributed by atoms with van der Waals surface area (Å²) in [4.78, 5) is 0. The van der Waals surface area contributed by atoms with Gasteiger partial charge in [-0.3, -0.25) is 0 Å². The van der Waals surface area contributed by atoms with Gasteiger partial charge in [0.05, 0.1) is 5.56 Å². The highest BCUT2D eigenvalue weighted by Crippen LogP contribution is 2.34. The van der Waals surface area contributed by atoms with E-state index in [1.807, 2.05) is 0 Å². The predicted molar refractivity (Wildman–Crippen MR) is 60.6 cm³/mol. The minimum Gasteiger partial charge on any atom is -0.327 e. The topological polar surface area (TPSA) is 26.0 Å². The summed E-state index contributed by atoms with van der Waals surface area (Å²) >= 11 is 0. The first-order valence-corrected chi connectivity index (χ1v) is 5.91. The molecule has 1 aromatic carbocycles. The average Bonchev–Trinajstić information content (AvgIpc) is 2.29. The number of halogens is 3. The zero-order valence-electron chi connectivity index (χ0n) is 9.50. The van der Waals surface area contributed by atoms with Crippen molar-refractivity contribution in [2.24, 2.45) is 5.73 Å². The molecule has 0 unspecified atom stereocenters. The predicted octanol–water partition coefficient (Wildman–Crippen LogP) is 3.69. The molecule has 1 aliphatic carbocycles. The van der Waals surface area contributed by atoms with Crippen molar-refractivity contribution in [2.75, 3.05) is 0 Å². The number of nitrogens with two attached hydrogens (primary N) is 1. The van der Waals surface area contributed by atoms with Crippen LogP contribution in [0.4, 0.5) is 13.2 Å². The van der Waals surface area contributed by atoms with Gasteiger partial charge in [0.2, 0.25) is 0 Å². The summed E-state index contributed by atoms with van der Waals surface area (Å²) in [6, 6.07) is 5.52. The van der Waals surface area contributed by atoms with E-state index in [0.29, 0.717) is 0 Å². The molecule has 0 radical (unpaired) electrons. The Kier molecular flexibility index (Phi) is 3.43. The van der Waals surface area contributed by atoms with Gasteiger partial charge in [-0.15, -0.1) is 0 Å². The lowest BCUT2D eigenvalue weighted by Crippen LogP contribution is -2.31. The van der Waals surface area contributed by atoms with E-state index < -0.39 is 11.7 Å². The molecule has 0 amide bonds. The van der Waals surface area contributed by atoms with Gasteiger partial charge in [0.25, 0.3) is 0 Å². The number of alkyl halides is 3. The maximum atomic E-state index is 12.4. The molecule has 1 aromatic rings. The highest BCUT2D eigenvalue weighted by atomic mass is 19.4. The largest absolute Gasteiger partial charge is 0.416 e. The first-order chi connectivity index (χ1) is 7.98. The van der Waals surface area contributed by atoms with Gasteiger partial charge in [0, 0.05) is 6.04 Å². The second kappa shape index (κ2) is 4.69. The molecular formula is C13H16F3N. The van der Waals surface area contributed by atoms with Gasteiger partial charge in [0.15, 0.2) is 0 Å². The maximum absolute atomic E-state index is 12.4. The van der Waals surface area contributed by atoms with Crippen molar-refractivity contribution in [3.05, 3.63) is 35.4 Å². The molecule has 0 heterocycles. The first kappa shape index (κ1) is 12.4. The van der Waals surface area contributed by atoms with E-state index in [1.165, 1.54) is 0 Å². The van der Waals surface area contributed by atoms with Gasteiger partial charge < -0.3 is 5.73 Å². The van der Waals surface area contributed by atoms with Crippen LogP contribution >= 0.6 is 0 Å². The summed E-state index contributed by atoms with van der Waals surface area (Å²) in [5, 5.41) is 0. The SMILES string of the molecule is N[C@@H]1CCCC[C@@H]1c1ccc(C(F)(F)F)cc1. The lowest BCUT2D eigenvalue weighted by atomic mass is 9.80. The highest BCUT2D eigenvalue weighted by Gasteiger charge is 2.31. The van der Waals surface area contributed by atoms with Gasteiger partial charge in [-0.25, -0.2) is 0 Å². The fourth-order valence-electron chi connectivity index (χ4n) is 2.49. The minimum atomic E-state index is -4.26. The molecule has 1 aliphatic rings. The molecule has 1 nitrogen and oxygen atoms in total. The third-order valence-electron chi connectivity index (χ3n) is 3.49. The summed E-state index contributed by atoms with van der Waals surface area (Å²) in [5.74, 6) is 0.214. The second-order valence-electron chi connectivity index (χ2n) is 4.67. The Morgan fingerprint density at radius 3 is 2.12 bits per heavy atom. The molecule has 1 fully saturated rings. The second-order valence-corrected chi connectivity index (χ2v) is 4.67. The molecule has 17 heavy (non-hydrogen) atoms. The van der Waals surface area contributed by atoms with Gasteiger partial charge >= 0.3 is 6.18 Å². The summed E-state index contributed by atoms with van der Waals surface area (Å²) < 4.78 is 37.2. The van der Waals surface area contributed by atoms with E-state index in [1.54, 1.807) is 12.1 Å². The Morgan fingerprint density at radius 1 is 1.00 bits per heavy atom. The molecule has 94 valence electrons. The smallest absolute Gasteiger partial charge is 0.327 e. The van der Waals surface area contributed by atoms with E-state index in [4.69, 9.17) is 5.73 Å². The zero-order chi connectivity index (χ0) is 12.5. The molecule has 2 rings (SSSR count). The summed E-state index contributed by atoms with van der Waals surface area (Å²) in [6.45, 7) is 0. The Bertz CT molecular complexity index is 369. The molecule has 0 aliphatic heterocycles. The molecule has 1 saturated carbocycles. The van der Waals surface area contributed by atoms with Crippen LogP contribution in [0.2, 0.25) is 0 Å². The van der Waals surface area contributed by atoms with Gasteiger partial charge in [-0.05, 0) is 36.5 Å². The van der Waals surface area contributed by atoms with Crippen molar-refractivity contribution < 1.29 is 13.2 Å². The number of benzene rings is 1. The first-order valence-electron chi connectivity index (χ1n) is 5.91. The van der Waals surface area contributed by atoms with Crippen LogP contribution in [0.25, 0.3) is 0 Å². The minimum absolute atomic E-state index is 0.0838. The van der Waals surface area contributed by atoms with Crippen LogP contribution in [-0.4, -0.2) is 6.04 Å². The van der Waals surface area contributed by atoms with Crippen molar-refractivity contribution in [2.45, 2.75) is 43.8 Å². The third kappa shape index (κ3) is 2.80. The van der Waals surface area contributed by atoms with E-state index >= 15 is 0 Å². The quantitative estimate of drug-likeness (QED) is 0.799. The molecule has 0 saturated heterocycles. The normalized spacial score (nSPS) is 25.9. The summed E-state index contributed by atoms with van der Waals surface area (Å²) in [7, 11) is 0. The van der Waals surface area contributed by atoms with Gasteiger partial charge in [-0.2, -0.15) is 13.2 Å². The molecule has 2 N–H and O–H groups in total. The van der Waals surface area contributed by atoms with Crippen LogP contribution in [0.3, 0.4) is 0 Å². The van der Waals surface area contributed by atoms with Crippen LogP contribution in [0.15, 0.2) is 24.3 Å². The van der Waals surface area contributed by atoms with Crippen LogP contribution in [0, 0.1) is 0 Å². The molecule has 0 aromatic heterocycles. The highest BCUT2D eigenvalue weighted by molar-refractivity contribution is 5.28. The zero-order valence-corrected chi connectivity index (χ0v) is 9.50. The standard InChI is InChI=1S/C13H16F3N/c14-13(15,16)10-7-5-9(6-8-10)11-3-1-2-4-12(11)17/h5-8,11-12H,1-4,17H2/t11-,12-/m1/s1. The average molecular weight is 243 g/mol. The van der Waals surface area contributed by atoms with Crippen molar-refractivity contribution in [3.63, 3.8) is 0 Å². The van der Waals surface area contributed by atoms with E-state index in [2.05, 4.69) is 0 Å². The molecule has 4 heteroatoms. The lowest BCUT2D eigenvalue weighted by Gasteiger charge is -2.29. The lowest BCUT2D eigenvalue weighted by molar-refractivity contribution is -0.137. The van der Waals surface area contributed by atoms with Crippen LogP contribution in [0.1, 0.15) is 42.7 Å². The van der Waals surface area contributed by atoms with Crippen molar-refractivity contribution in [1.29, 1.82) is 0 Å². The van der Waals surface area contributed by atoms with Crippen LogP contribution in [-0.2, 0) is 6.18 Å². The van der Waals surface area contributed by atoms with Crippen molar-refractivity contribution in [3.8, 4) is 0 Å². The number of hydrogen-bond donors (Lipinski definition) is 1. The van der Waals surface area contributed by atoms with Crippen LogP contribution in [0.5, 0.6) is 0 Å². The van der Waals surface area contributed by atoms with Crippen LogP contribution < -0.4 is 5.73 Å². The maximum Gasteiger partial charge on any atom is 0.416 e. The molecule has 0 bridgehead atoms. The Hall–Kier alpha value is -1.03.